The van der Waals surface area contributed by atoms with Crippen molar-refractivity contribution in [1.82, 2.24) is 14.7 Å². The molecule has 1 aliphatic carbocycles. The van der Waals surface area contributed by atoms with E-state index in [1.807, 2.05) is 28.9 Å². The van der Waals surface area contributed by atoms with Crippen LogP contribution in [0.3, 0.4) is 0 Å². The summed E-state index contributed by atoms with van der Waals surface area (Å²) >= 11 is -2.38. The Kier molecular flexibility index (Phi) is 5.64. The molecule has 3 saturated heterocycles. The number of nitrogens with one attached hydrogen (secondary N) is 1. The van der Waals surface area contributed by atoms with Gasteiger partial charge in [0, 0.05) is 42.1 Å². The molecule has 11 heteroatoms. The zero-order valence-corrected chi connectivity index (χ0v) is 19.1. The zero-order valence-electron chi connectivity index (χ0n) is 18.3. The summed E-state index contributed by atoms with van der Waals surface area (Å²) in [5.74, 6) is 0.289. The van der Waals surface area contributed by atoms with Crippen LogP contribution in [0.1, 0.15) is 37.8 Å². The maximum absolute atomic E-state index is 13.2. The Morgan fingerprint density at radius 1 is 1.33 bits per heavy atom. The number of fused-ring (bicyclic) bond motifs is 3. The molecule has 0 radical (unpaired) electrons. The summed E-state index contributed by atoms with van der Waals surface area (Å²) in [5, 5.41) is 9.36. The molecular weight excluding hydrogens is 444 g/mol. The number of hydrogen-bond acceptors (Lipinski definition) is 7. The molecule has 3 N–H and O–H groups in total. The number of benzene rings is 1. The van der Waals surface area contributed by atoms with Crippen LogP contribution < -0.4 is 10.5 Å². The van der Waals surface area contributed by atoms with Gasteiger partial charge in [0.25, 0.3) is 0 Å². The van der Waals surface area contributed by atoms with Crippen LogP contribution >= 0.6 is 0 Å². The molecule has 5 rings (SSSR count). The number of nitrogens with zero attached hydrogens (tertiary/aromatic N) is 4. The van der Waals surface area contributed by atoms with Crippen LogP contribution in [0.4, 0.5) is 5.69 Å². The first-order chi connectivity index (χ1) is 15.8. The first-order valence-electron chi connectivity index (χ1n) is 11.3. The average Bonchev–Trinajstić information content (AvgIpc) is 3.12. The van der Waals surface area contributed by atoms with Crippen molar-refractivity contribution in [1.29, 1.82) is 5.26 Å². The number of nitrogens with two attached hydrogens (primary N) is 1. The van der Waals surface area contributed by atoms with Crippen LogP contribution in [0.15, 0.2) is 24.3 Å². The van der Waals surface area contributed by atoms with Crippen LogP contribution in [0.5, 0.6) is 0 Å². The molecule has 0 aromatic heterocycles. The number of rotatable bonds is 7. The summed E-state index contributed by atoms with van der Waals surface area (Å²) in [6.07, 6.45) is 2.40. The maximum atomic E-state index is 13.2. The molecule has 1 saturated carbocycles. The lowest BCUT2D eigenvalue weighted by Gasteiger charge is -2.38. The summed E-state index contributed by atoms with van der Waals surface area (Å²) < 4.78 is 23.9. The highest BCUT2D eigenvalue weighted by atomic mass is 32.2. The smallest absolute Gasteiger partial charge is 0.242 e. The van der Waals surface area contributed by atoms with E-state index in [1.165, 1.54) is 0 Å². The minimum atomic E-state index is -2.38. The highest BCUT2D eigenvalue weighted by Crippen LogP contribution is 2.48. The molecular formula is C22H27N6O4S-. The SMILES string of the molecule is C[C@@H](c1ccc(NS(=O)[O-])cc1)N1C(=O)[C@@H]2C[C@H]1CN2C[C@H](N)C(=O)N1[C@H](C#N)CC2C[C@@H]21. The van der Waals surface area contributed by atoms with Gasteiger partial charge >= 0.3 is 0 Å². The molecule has 1 aromatic carbocycles. The molecule has 10 nitrogen and oxygen atoms in total. The Labute approximate surface area is 195 Å². The molecule has 2 amide bonds. The Morgan fingerprint density at radius 2 is 2.06 bits per heavy atom. The zero-order chi connectivity index (χ0) is 23.4. The quantitative estimate of drug-likeness (QED) is 0.536. The summed E-state index contributed by atoms with van der Waals surface area (Å²) in [7, 11) is 0. The molecule has 2 unspecified atom stereocenters. The Balaban J connectivity index is 1.21. The predicted molar refractivity (Wildman–Crippen MR) is 119 cm³/mol. The second-order valence-electron chi connectivity index (χ2n) is 9.54. The number of hydrogen-bond donors (Lipinski definition) is 2. The van der Waals surface area contributed by atoms with Crippen molar-refractivity contribution < 1.29 is 18.4 Å². The maximum Gasteiger partial charge on any atom is 0.242 e. The van der Waals surface area contributed by atoms with Crippen molar-refractivity contribution in [3.63, 3.8) is 0 Å². The van der Waals surface area contributed by atoms with Crippen LogP contribution in [-0.4, -0.2) is 78.6 Å². The second kappa shape index (κ2) is 8.36. The third-order valence-corrected chi connectivity index (χ3v) is 7.98. The number of carbonyl (C=O) groups excluding carboxylic acids is 2. The van der Waals surface area contributed by atoms with Crippen molar-refractivity contribution in [2.75, 3.05) is 17.8 Å². The van der Waals surface area contributed by atoms with Gasteiger partial charge in [-0.25, -0.2) is 0 Å². The molecule has 3 aliphatic heterocycles. The lowest BCUT2D eigenvalue weighted by Crippen LogP contribution is -2.57. The molecule has 1 aromatic rings. The monoisotopic (exact) mass is 471 g/mol. The van der Waals surface area contributed by atoms with Crippen LogP contribution in [0.25, 0.3) is 0 Å². The lowest BCUT2D eigenvalue weighted by molar-refractivity contribution is -0.141. The minimum absolute atomic E-state index is 0.0274. The third kappa shape index (κ3) is 3.91. The highest BCUT2D eigenvalue weighted by molar-refractivity contribution is 7.80. The summed E-state index contributed by atoms with van der Waals surface area (Å²) in [6, 6.07) is 7.85. The van der Waals surface area contributed by atoms with Gasteiger partial charge in [0.2, 0.25) is 11.8 Å². The molecule has 4 aliphatic rings. The third-order valence-electron chi connectivity index (χ3n) is 7.58. The van der Waals surface area contributed by atoms with Gasteiger partial charge in [0.05, 0.1) is 24.2 Å². The summed E-state index contributed by atoms with van der Waals surface area (Å²) in [6.45, 7) is 2.94. The number of piperazine rings is 1. The van der Waals surface area contributed by atoms with E-state index in [4.69, 9.17) is 5.73 Å². The molecule has 8 atom stereocenters. The number of likely N-dealkylation sites (tertiary alicyclic amines) is 3. The first-order valence-corrected chi connectivity index (χ1v) is 12.4. The van der Waals surface area contributed by atoms with Gasteiger partial charge in [-0.05, 0) is 49.8 Å². The van der Waals surface area contributed by atoms with E-state index >= 15 is 0 Å². The Bertz CT molecular complexity index is 1030. The number of carbonyl (C=O) groups is 2. The number of nitriles is 1. The number of piperidine rings is 1. The normalized spacial score (nSPS) is 32.9. The number of anilines is 1. The molecule has 176 valence electrons. The van der Waals surface area contributed by atoms with E-state index < -0.39 is 17.3 Å². The van der Waals surface area contributed by atoms with Gasteiger partial charge in [0.1, 0.15) is 6.04 Å². The fourth-order valence-corrected chi connectivity index (χ4v) is 6.22. The van der Waals surface area contributed by atoms with Crippen LogP contribution in [0.2, 0.25) is 0 Å². The topological polar surface area (TPSA) is 146 Å². The molecule has 3 heterocycles. The first kappa shape index (κ1) is 22.3. The van der Waals surface area contributed by atoms with Crippen molar-refractivity contribution >= 4 is 28.8 Å². The van der Waals surface area contributed by atoms with E-state index in [-0.39, 0.29) is 42.0 Å². The van der Waals surface area contributed by atoms with Crippen LogP contribution in [-0.2, 0) is 20.9 Å². The van der Waals surface area contributed by atoms with E-state index in [9.17, 15) is 23.6 Å². The van der Waals surface area contributed by atoms with Crippen molar-refractivity contribution in [3.8, 4) is 6.07 Å². The van der Waals surface area contributed by atoms with Crippen molar-refractivity contribution in [2.45, 2.75) is 62.4 Å². The summed E-state index contributed by atoms with van der Waals surface area (Å²) in [4.78, 5) is 31.7. The van der Waals surface area contributed by atoms with Gasteiger partial charge < -0.3 is 24.8 Å². The molecule has 0 spiro atoms. The van der Waals surface area contributed by atoms with Gasteiger partial charge in [-0.1, -0.05) is 12.1 Å². The van der Waals surface area contributed by atoms with Gasteiger partial charge in [-0.3, -0.25) is 18.7 Å². The molecule has 4 fully saturated rings. The van der Waals surface area contributed by atoms with E-state index in [2.05, 4.69) is 10.8 Å². The van der Waals surface area contributed by atoms with Gasteiger partial charge in [0.15, 0.2) is 0 Å². The fourth-order valence-electron chi connectivity index (χ4n) is 5.90. The lowest BCUT2D eigenvalue weighted by atomic mass is 10.0. The van der Waals surface area contributed by atoms with Gasteiger partial charge in [-0.2, -0.15) is 5.26 Å². The minimum Gasteiger partial charge on any atom is -0.755 e. The van der Waals surface area contributed by atoms with Crippen LogP contribution in [0, 0.1) is 17.2 Å². The van der Waals surface area contributed by atoms with E-state index in [1.54, 1.807) is 17.0 Å². The van der Waals surface area contributed by atoms with Gasteiger partial charge in [-0.15, -0.1) is 0 Å². The standard InChI is InChI=1S/C22H28N6O4S/c1-12(13-2-4-15(5-3-13)25-33(31)32)27-17-8-20(22(27)30)26(10-17)11-18(24)21(29)28-16(9-23)6-14-7-19(14)28/h2-5,12,14,16-20,25H,6-8,10-11,24H2,1H3,(H,31,32)/p-1/t12-,14?,16-,17-,18-,19-,20-/m0/s1. The van der Waals surface area contributed by atoms with E-state index in [0.29, 0.717) is 31.1 Å². The Hall–Kier alpha value is -2.52. The van der Waals surface area contributed by atoms with Crippen molar-refractivity contribution in [3.05, 3.63) is 29.8 Å². The molecule has 33 heavy (non-hydrogen) atoms. The largest absolute Gasteiger partial charge is 0.755 e. The second-order valence-corrected chi connectivity index (χ2v) is 10.2. The predicted octanol–water partition coefficient (Wildman–Crippen LogP) is 0.0790. The highest BCUT2D eigenvalue weighted by Gasteiger charge is 2.56. The average molecular weight is 472 g/mol. The Morgan fingerprint density at radius 3 is 2.70 bits per heavy atom. The van der Waals surface area contributed by atoms with Crippen molar-refractivity contribution in [2.24, 2.45) is 11.7 Å². The summed E-state index contributed by atoms with van der Waals surface area (Å²) in [5.41, 5.74) is 7.66. The molecule has 2 bridgehead atoms. The number of amides is 2. The van der Waals surface area contributed by atoms with E-state index in [0.717, 1.165) is 18.4 Å². The fraction of sp³-hybridized carbons (Fsp3) is 0.591.